The number of thiol groups is 1. The first-order valence-electron chi connectivity index (χ1n) is 14.9. The van der Waals surface area contributed by atoms with Crippen LogP contribution < -0.4 is 0 Å². The zero-order valence-corrected chi connectivity index (χ0v) is 30.0. The van der Waals surface area contributed by atoms with Crippen molar-refractivity contribution in [3.63, 3.8) is 0 Å². The van der Waals surface area contributed by atoms with E-state index in [2.05, 4.69) is 124 Å². The van der Waals surface area contributed by atoms with E-state index < -0.39 is 0 Å². The topological polar surface area (TPSA) is 0 Å². The zero-order valence-electron chi connectivity index (χ0n) is 29.1. The molecule has 3 rings (SSSR count). The van der Waals surface area contributed by atoms with Crippen LogP contribution in [0.4, 0.5) is 0 Å². The van der Waals surface area contributed by atoms with Crippen LogP contribution in [0.15, 0.2) is 60.5 Å². The zero-order chi connectivity index (χ0) is 31.9. The molecule has 222 valence electrons. The fourth-order valence-electron chi connectivity index (χ4n) is 2.90. The molecule has 0 radical (unpaired) electrons. The van der Waals surface area contributed by atoms with Crippen molar-refractivity contribution in [3.05, 3.63) is 89.0 Å². The molecule has 0 bridgehead atoms. The molecule has 0 amide bonds. The third kappa shape index (κ3) is 23.2. The van der Waals surface area contributed by atoms with E-state index in [1.807, 2.05) is 69.2 Å². The summed E-state index contributed by atoms with van der Waals surface area (Å²) in [5, 5.41) is 2.69. The third-order valence-corrected chi connectivity index (χ3v) is 4.81. The average Bonchev–Trinajstić information content (AvgIpc) is 2.96. The highest BCUT2D eigenvalue weighted by molar-refractivity contribution is 7.80. The number of hydrogen-bond acceptors (Lipinski definition) is 1. The maximum Gasteiger partial charge on any atom is 0.00782 e. The van der Waals surface area contributed by atoms with E-state index in [0.29, 0.717) is 0 Å². The molecule has 0 heterocycles. The second kappa shape index (κ2) is 37.2. The maximum atomic E-state index is 4.51. The molecule has 0 unspecified atom stereocenters. The summed E-state index contributed by atoms with van der Waals surface area (Å²) in [5.74, 6) is 0. The minimum atomic E-state index is 1.09. The molecular weight excluding hydrogens is 476 g/mol. The van der Waals surface area contributed by atoms with Crippen molar-refractivity contribution in [2.45, 2.75) is 136 Å². The van der Waals surface area contributed by atoms with Crippen LogP contribution >= 0.6 is 12.6 Å². The van der Waals surface area contributed by atoms with Crippen LogP contribution in [-0.2, 0) is 0 Å². The Labute approximate surface area is 247 Å². The van der Waals surface area contributed by atoms with Crippen molar-refractivity contribution in [2.75, 3.05) is 0 Å². The summed E-state index contributed by atoms with van der Waals surface area (Å²) in [5.41, 5.74) is 7.98. The summed E-state index contributed by atoms with van der Waals surface area (Å²) >= 11 is 4.51. The molecule has 0 aromatic heterocycles. The fraction of sp³-hybridized carbons (Fsp3) is 0.514. The van der Waals surface area contributed by atoms with Crippen LogP contribution in [-0.4, -0.2) is 0 Å². The summed E-state index contributed by atoms with van der Waals surface area (Å²) in [6.07, 6.45) is 1.25. The van der Waals surface area contributed by atoms with Crippen LogP contribution in [0.25, 0.3) is 10.8 Å². The molecule has 1 heteroatoms. The Morgan fingerprint density at radius 2 is 0.842 bits per heavy atom. The third-order valence-electron chi connectivity index (χ3n) is 4.34. The lowest BCUT2D eigenvalue weighted by atomic mass is 9.95. The molecule has 0 saturated heterocycles. The van der Waals surface area contributed by atoms with Gasteiger partial charge in [-0.25, -0.2) is 0 Å². The molecule has 0 fully saturated rings. The van der Waals surface area contributed by atoms with Crippen molar-refractivity contribution >= 4 is 23.4 Å². The Kier molecular flexibility index (Phi) is 47.9. The minimum absolute atomic E-state index is 1.09. The highest BCUT2D eigenvalue weighted by Crippen LogP contribution is 2.30. The average molecular weight is 545 g/mol. The summed E-state index contributed by atoms with van der Waals surface area (Å²) in [7, 11) is 0. The number of rotatable bonds is 0. The van der Waals surface area contributed by atoms with Crippen molar-refractivity contribution in [1.82, 2.24) is 0 Å². The van der Waals surface area contributed by atoms with E-state index in [1.165, 1.54) is 50.6 Å². The van der Waals surface area contributed by atoms with Crippen LogP contribution in [0.2, 0.25) is 0 Å². The second-order valence-electron chi connectivity index (χ2n) is 7.19. The smallest absolute Gasteiger partial charge is 0.00782 e. The van der Waals surface area contributed by atoms with Crippen molar-refractivity contribution < 1.29 is 0 Å². The van der Waals surface area contributed by atoms with Crippen LogP contribution in [0.5, 0.6) is 0 Å². The molecule has 0 aliphatic rings. The first kappa shape index (κ1) is 49.0. The molecule has 0 N–H and O–H groups in total. The van der Waals surface area contributed by atoms with Crippen molar-refractivity contribution in [2.24, 2.45) is 0 Å². The predicted octanol–water partition coefficient (Wildman–Crippen LogP) is 14.0. The standard InChI is InChI=1S/C14H16S.C8H10.C3H8.5C2H6.C2H4/c1-8-5-9(2)14-11(4)10(3)13(15)7-12(14)6-8;1-7-3-5-8(2)6-4-7;1-3-2;6*1-2/h5-7,15H,1-4H3;3-6H,1-2H3;3H2,1-2H3;5*1-2H3;1-2H2. The Morgan fingerprint density at radius 1 is 0.526 bits per heavy atom. The molecule has 3 aromatic rings. The van der Waals surface area contributed by atoms with Crippen LogP contribution in [0.1, 0.15) is 123 Å². The first-order valence-corrected chi connectivity index (χ1v) is 15.4. The van der Waals surface area contributed by atoms with Gasteiger partial charge in [-0.1, -0.05) is 143 Å². The van der Waals surface area contributed by atoms with Gasteiger partial charge in [0.05, 0.1) is 0 Å². The van der Waals surface area contributed by atoms with Crippen LogP contribution in [0, 0.1) is 41.5 Å². The first-order chi connectivity index (χ1) is 18.2. The van der Waals surface area contributed by atoms with Gasteiger partial charge in [-0.15, -0.1) is 25.8 Å². The predicted molar refractivity (Wildman–Crippen MR) is 190 cm³/mol. The Balaban J connectivity index is -0.0000000949. The molecule has 0 spiro atoms. The lowest BCUT2D eigenvalue weighted by molar-refractivity contribution is 1.09. The Morgan fingerprint density at radius 3 is 1.16 bits per heavy atom. The van der Waals surface area contributed by atoms with E-state index in [-0.39, 0.29) is 0 Å². The van der Waals surface area contributed by atoms with Gasteiger partial charge in [-0.2, -0.15) is 0 Å². The number of aryl methyl sites for hydroxylation is 5. The van der Waals surface area contributed by atoms with E-state index >= 15 is 0 Å². The molecule has 0 atom stereocenters. The quantitative estimate of drug-likeness (QED) is 0.211. The van der Waals surface area contributed by atoms with Gasteiger partial charge >= 0.3 is 0 Å². The van der Waals surface area contributed by atoms with Gasteiger partial charge < -0.3 is 0 Å². The van der Waals surface area contributed by atoms with Gasteiger partial charge in [-0.3, -0.25) is 0 Å². The maximum absolute atomic E-state index is 4.51. The monoisotopic (exact) mass is 545 g/mol. The van der Waals surface area contributed by atoms with E-state index in [1.54, 1.807) is 0 Å². The summed E-state index contributed by atoms with van der Waals surface area (Å²) in [6, 6.07) is 15.1. The van der Waals surface area contributed by atoms with Gasteiger partial charge in [0.2, 0.25) is 0 Å². The largest absolute Gasteiger partial charge is 0.143 e. The van der Waals surface area contributed by atoms with Gasteiger partial charge in [-0.05, 0) is 75.1 Å². The number of hydrogen-bond donors (Lipinski definition) is 1. The van der Waals surface area contributed by atoms with Crippen molar-refractivity contribution in [3.8, 4) is 0 Å². The lowest BCUT2D eigenvalue weighted by Crippen LogP contribution is -1.90. The highest BCUT2D eigenvalue weighted by Gasteiger charge is 2.07. The second-order valence-corrected chi connectivity index (χ2v) is 7.67. The summed E-state index contributed by atoms with van der Waals surface area (Å²) < 4.78 is 0. The highest BCUT2D eigenvalue weighted by atomic mass is 32.1. The van der Waals surface area contributed by atoms with Gasteiger partial charge in [0, 0.05) is 4.90 Å². The van der Waals surface area contributed by atoms with Gasteiger partial charge in [0.25, 0.3) is 0 Å². The van der Waals surface area contributed by atoms with Gasteiger partial charge in [0.15, 0.2) is 0 Å². The normalized spacial score (nSPS) is 7.66. The molecule has 38 heavy (non-hydrogen) atoms. The fourth-order valence-corrected chi connectivity index (χ4v) is 3.21. The van der Waals surface area contributed by atoms with E-state index in [0.717, 1.165) is 4.90 Å². The molecule has 3 aromatic carbocycles. The number of fused-ring (bicyclic) bond motifs is 1. The Hall–Kier alpha value is -1.99. The SMILES string of the molecule is C=C.CC.CC.CC.CC.CC.CCC.Cc1cc(C)c2c(C)c(C)c(S)cc2c1.Cc1ccc(C)cc1. The molecule has 0 nitrogen and oxygen atoms in total. The lowest BCUT2D eigenvalue weighted by Gasteiger charge is -2.12. The molecule has 0 saturated carbocycles. The summed E-state index contributed by atoms with van der Waals surface area (Å²) in [6.45, 7) is 43.1. The van der Waals surface area contributed by atoms with E-state index in [4.69, 9.17) is 0 Å². The Bertz CT molecular complexity index is 837. The minimum Gasteiger partial charge on any atom is -0.143 e. The molecular formula is C37H68S. The molecule has 0 aliphatic heterocycles. The number of benzene rings is 3. The van der Waals surface area contributed by atoms with Crippen molar-refractivity contribution in [1.29, 1.82) is 0 Å². The van der Waals surface area contributed by atoms with E-state index in [9.17, 15) is 0 Å². The molecule has 0 aliphatic carbocycles. The van der Waals surface area contributed by atoms with Crippen LogP contribution in [0.3, 0.4) is 0 Å². The summed E-state index contributed by atoms with van der Waals surface area (Å²) in [4.78, 5) is 1.09. The van der Waals surface area contributed by atoms with Gasteiger partial charge in [0.1, 0.15) is 0 Å².